The monoisotopic (exact) mass is 484 g/mol. The lowest BCUT2D eigenvalue weighted by Gasteiger charge is -2.09. The molecule has 0 atom stereocenters. The fourth-order valence-electron chi connectivity index (χ4n) is 3.33. The van der Waals surface area contributed by atoms with E-state index < -0.39 is 11.7 Å². The van der Waals surface area contributed by atoms with E-state index in [0.29, 0.717) is 34.7 Å². The van der Waals surface area contributed by atoms with Crippen molar-refractivity contribution in [2.45, 2.75) is 19.7 Å². The minimum atomic E-state index is -4.45. The number of aromatic amines is 1. The lowest BCUT2D eigenvalue weighted by molar-refractivity contribution is -0.137. The van der Waals surface area contributed by atoms with Crippen LogP contribution < -0.4 is 11.1 Å². The maximum atomic E-state index is 12.6. The predicted molar refractivity (Wildman–Crippen MR) is 127 cm³/mol. The molecule has 0 unspecified atom stereocenters. The number of aldehydes is 1. The molecule has 4 aromatic rings. The van der Waals surface area contributed by atoms with Gasteiger partial charge in [-0.2, -0.15) is 13.2 Å². The molecule has 0 bridgehead atoms. The molecule has 1 heterocycles. The largest absolute Gasteiger partial charge is 0.417 e. The Hall–Kier alpha value is -4.18. The zero-order valence-electron chi connectivity index (χ0n) is 18.9. The fraction of sp³-hybridized carbons (Fsp3) is 0.160. The van der Waals surface area contributed by atoms with Crippen LogP contribution in [0.1, 0.15) is 37.7 Å². The summed E-state index contributed by atoms with van der Waals surface area (Å²) in [6.45, 7) is 2.28. The summed E-state index contributed by atoms with van der Waals surface area (Å²) >= 11 is 0. The molecule has 4 N–H and O–H groups in total. The SMILES string of the molecule is COCc1nc2c(C(=O)Nc3ccccc3C)cc(N)cc2[nH]1.O=Cc1ccccc1C(F)(F)F. The smallest absolute Gasteiger partial charge is 0.399 e. The van der Waals surface area contributed by atoms with Crippen LogP contribution in [-0.4, -0.2) is 29.3 Å². The van der Waals surface area contributed by atoms with Crippen LogP contribution in [0.4, 0.5) is 24.5 Å². The highest BCUT2D eigenvalue weighted by molar-refractivity contribution is 6.12. The van der Waals surface area contributed by atoms with Crippen molar-refractivity contribution in [2.75, 3.05) is 18.2 Å². The third-order valence-corrected chi connectivity index (χ3v) is 4.97. The fourth-order valence-corrected chi connectivity index (χ4v) is 3.33. The highest BCUT2D eigenvalue weighted by atomic mass is 19.4. The molecular formula is C25H23F3N4O3. The van der Waals surface area contributed by atoms with Crippen molar-refractivity contribution >= 4 is 34.6 Å². The molecular weight excluding hydrogens is 461 g/mol. The van der Waals surface area contributed by atoms with Crippen LogP contribution in [0, 0.1) is 6.92 Å². The van der Waals surface area contributed by atoms with Gasteiger partial charge >= 0.3 is 6.18 Å². The number of nitrogen functional groups attached to an aromatic ring is 1. The number of para-hydroxylation sites is 1. The van der Waals surface area contributed by atoms with Gasteiger partial charge in [0, 0.05) is 24.0 Å². The number of methoxy groups -OCH3 is 1. The van der Waals surface area contributed by atoms with Crippen LogP contribution in [0.2, 0.25) is 0 Å². The van der Waals surface area contributed by atoms with Crippen molar-refractivity contribution in [3.8, 4) is 0 Å². The molecule has 0 aliphatic rings. The standard InChI is InChI=1S/C17H18N4O2.C8H5F3O/c1-10-5-3-4-6-13(10)20-17(22)12-7-11(18)8-14-16(12)21-15(19-14)9-23-2;9-8(10,11)7-4-2-1-3-6(7)5-12/h3-8H,9,18H2,1-2H3,(H,19,21)(H,20,22);1-5H. The summed E-state index contributed by atoms with van der Waals surface area (Å²) in [5.74, 6) is 0.408. The van der Waals surface area contributed by atoms with Crippen molar-refractivity contribution in [1.82, 2.24) is 9.97 Å². The summed E-state index contributed by atoms with van der Waals surface area (Å²) in [6, 6.07) is 15.6. The van der Waals surface area contributed by atoms with Crippen LogP contribution in [0.5, 0.6) is 0 Å². The van der Waals surface area contributed by atoms with E-state index in [1.807, 2.05) is 31.2 Å². The van der Waals surface area contributed by atoms with E-state index in [1.165, 1.54) is 12.1 Å². The number of fused-ring (bicyclic) bond motifs is 1. The number of nitrogens with zero attached hydrogens (tertiary/aromatic N) is 1. The van der Waals surface area contributed by atoms with Crippen LogP contribution >= 0.6 is 0 Å². The van der Waals surface area contributed by atoms with E-state index in [2.05, 4.69) is 15.3 Å². The summed E-state index contributed by atoms with van der Waals surface area (Å²) in [4.78, 5) is 30.4. The molecule has 1 amide bonds. The van der Waals surface area contributed by atoms with Crippen molar-refractivity contribution in [3.63, 3.8) is 0 Å². The normalized spacial score (nSPS) is 11.0. The first kappa shape index (κ1) is 25.4. The molecule has 3 aromatic carbocycles. The van der Waals surface area contributed by atoms with Gasteiger partial charge in [-0.1, -0.05) is 36.4 Å². The molecule has 1 aromatic heterocycles. The molecule has 0 saturated carbocycles. The third-order valence-electron chi connectivity index (χ3n) is 4.97. The number of H-pyrrole nitrogens is 1. The number of ether oxygens (including phenoxy) is 1. The average molecular weight is 484 g/mol. The van der Waals surface area contributed by atoms with Crippen molar-refractivity contribution in [3.05, 3.63) is 88.7 Å². The summed E-state index contributed by atoms with van der Waals surface area (Å²) in [6.07, 6.45) is -4.25. The van der Waals surface area contributed by atoms with Gasteiger partial charge in [0.2, 0.25) is 0 Å². The van der Waals surface area contributed by atoms with E-state index in [9.17, 15) is 22.8 Å². The number of nitrogens with one attached hydrogen (secondary N) is 2. The van der Waals surface area contributed by atoms with E-state index in [0.717, 1.165) is 23.4 Å². The Labute approximate surface area is 199 Å². The minimum absolute atomic E-state index is 0.197. The molecule has 182 valence electrons. The first-order chi connectivity index (χ1) is 16.6. The second-order valence-electron chi connectivity index (χ2n) is 7.55. The Kier molecular flexibility index (Phi) is 7.87. The van der Waals surface area contributed by atoms with E-state index in [1.54, 1.807) is 19.2 Å². The van der Waals surface area contributed by atoms with E-state index >= 15 is 0 Å². The number of imidazole rings is 1. The van der Waals surface area contributed by atoms with Gasteiger partial charge in [-0.25, -0.2) is 4.98 Å². The molecule has 0 aliphatic carbocycles. The van der Waals surface area contributed by atoms with Crippen LogP contribution in [-0.2, 0) is 17.5 Å². The molecule has 35 heavy (non-hydrogen) atoms. The number of carbonyl (C=O) groups is 2. The van der Waals surface area contributed by atoms with Gasteiger partial charge in [0.1, 0.15) is 17.9 Å². The van der Waals surface area contributed by atoms with Gasteiger partial charge in [0.25, 0.3) is 5.91 Å². The van der Waals surface area contributed by atoms with Crippen LogP contribution in [0.25, 0.3) is 11.0 Å². The van der Waals surface area contributed by atoms with Crippen molar-refractivity contribution in [2.24, 2.45) is 0 Å². The highest BCUT2D eigenvalue weighted by Gasteiger charge is 2.32. The number of carbonyl (C=O) groups excluding carboxylic acids is 2. The van der Waals surface area contributed by atoms with Crippen LogP contribution in [0.15, 0.2) is 60.7 Å². The molecule has 7 nitrogen and oxygen atoms in total. The third kappa shape index (κ3) is 6.24. The molecule has 0 fully saturated rings. The summed E-state index contributed by atoms with van der Waals surface area (Å²) in [5, 5.41) is 2.91. The summed E-state index contributed by atoms with van der Waals surface area (Å²) in [7, 11) is 1.59. The Bertz CT molecular complexity index is 1350. The van der Waals surface area contributed by atoms with Gasteiger partial charge < -0.3 is 20.8 Å². The number of hydrogen-bond donors (Lipinski definition) is 3. The maximum absolute atomic E-state index is 12.6. The first-order valence-electron chi connectivity index (χ1n) is 10.4. The number of hydrogen-bond acceptors (Lipinski definition) is 5. The number of aromatic nitrogens is 2. The van der Waals surface area contributed by atoms with E-state index in [-0.39, 0.29) is 17.8 Å². The van der Waals surface area contributed by atoms with Gasteiger partial charge in [-0.15, -0.1) is 0 Å². The Balaban J connectivity index is 0.000000241. The zero-order valence-corrected chi connectivity index (χ0v) is 18.9. The molecule has 0 radical (unpaired) electrons. The number of alkyl halides is 3. The van der Waals surface area contributed by atoms with Crippen molar-refractivity contribution in [1.29, 1.82) is 0 Å². The average Bonchev–Trinajstić information content (AvgIpc) is 3.22. The van der Waals surface area contributed by atoms with E-state index in [4.69, 9.17) is 10.5 Å². The van der Waals surface area contributed by atoms with Gasteiger partial charge in [0.05, 0.1) is 16.6 Å². The number of rotatable bonds is 5. The van der Waals surface area contributed by atoms with Crippen molar-refractivity contribution < 1.29 is 27.5 Å². The van der Waals surface area contributed by atoms with Gasteiger partial charge in [0.15, 0.2) is 6.29 Å². The lowest BCUT2D eigenvalue weighted by Crippen LogP contribution is -2.13. The Morgan fingerprint density at radius 1 is 1.14 bits per heavy atom. The maximum Gasteiger partial charge on any atom is 0.417 e. The summed E-state index contributed by atoms with van der Waals surface area (Å²) in [5.41, 5.74) is 8.67. The van der Waals surface area contributed by atoms with Gasteiger partial charge in [-0.05, 0) is 36.8 Å². The number of nitrogens with two attached hydrogens (primary N) is 1. The Morgan fingerprint density at radius 3 is 2.46 bits per heavy atom. The number of aryl methyl sites for hydroxylation is 1. The number of halogens is 3. The van der Waals surface area contributed by atoms with Crippen LogP contribution in [0.3, 0.4) is 0 Å². The highest BCUT2D eigenvalue weighted by Crippen LogP contribution is 2.31. The molecule has 0 aliphatic heterocycles. The number of amides is 1. The predicted octanol–water partition coefficient (Wildman–Crippen LogP) is 5.37. The quantitative estimate of drug-likeness (QED) is 0.261. The lowest BCUT2D eigenvalue weighted by atomic mass is 10.1. The molecule has 10 heteroatoms. The minimum Gasteiger partial charge on any atom is -0.399 e. The molecule has 4 rings (SSSR count). The number of benzene rings is 3. The molecule has 0 saturated heterocycles. The topological polar surface area (TPSA) is 110 Å². The number of anilines is 2. The van der Waals surface area contributed by atoms with Gasteiger partial charge in [-0.3, -0.25) is 9.59 Å². The zero-order chi connectivity index (χ0) is 25.6. The second-order valence-corrected chi connectivity index (χ2v) is 7.55. The molecule has 0 spiro atoms. The summed E-state index contributed by atoms with van der Waals surface area (Å²) < 4.78 is 41.3. The second kappa shape index (κ2) is 10.8. The Morgan fingerprint density at radius 2 is 1.83 bits per heavy atom. The first-order valence-corrected chi connectivity index (χ1v) is 10.4.